The van der Waals surface area contributed by atoms with Crippen molar-refractivity contribution < 1.29 is 4.79 Å². The Morgan fingerprint density at radius 1 is 0.967 bits per heavy atom. The highest BCUT2D eigenvalue weighted by Gasteiger charge is 2.24. The highest BCUT2D eigenvalue weighted by Crippen LogP contribution is 2.37. The lowest BCUT2D eigenvalue weighted by Crippen LogP contribution is -2.33. The van der Waals surface area contributed by atoms with Crippen LogP contribution in [0.25, 0.3) is 32.7 Å². The smallest absolute Gasteiger partial charge is 0.263 e. The van der Waals surface area contributed by atoms with Crippen LogP contribution in [0.4, 0.5) is 0 Å². The van der Waals surface area contributed by atoms with Gasteiger partial charge in [0.25, 0.3) is 5.56 Å². The van der Waals surface area contributed by atoms with Gasteiger partial charge in [0.2, 0.25) is 5.91 Å². The molecular formula is C24H23N3O2S. The monoisotopic (exact) mass is 417 g/mol. The molecule has 0 radical (unpaired) electrons. The molecule has 4 rings (SSSR count). The van der Waals surface area contributed by atoms with Gasteiger partial charge in [0.15, 0.2) is 0 Å². The molecule has 6 heteroatoms. The van der Waals surface area contributed by atoms with Crippen molar-refractivity contribution in [3.05, 3.63) is 74.9 Å². The Balaban J connectivity index is 2.08. The first-order valence-corrected chi connectivity index (χ1v) is 10.6. The largest absolute Gasteiger partial charge is 0.368 e. The fourth-order valence-electron chi connectivity index (χ4n) is 3.63. The molecule has 0 spiro atoms. The van der Waals surface area contributed by atoms with Gasteiger partial charge in [0.1, 0.15) is 16.7 Å². The topological polar surface area (TPSA) is 78.0 Å². The Kier molecular flexibility index (Phi) is 5.03. The third-order valence-corrected chi connectivity index (χ3v) is 6.38. The first-order valence-electron chi connectivity index (χ1n) is 9.77. The summed E-state index contributed by atoms with van der Waals surface area (Å²) in [6.45, 7) is 7.66. The van der Waals surface area contributed by atoms with E-state index in [1.807, 2.05) is 69.3 Å². The Bertz CT molecular complexity index is 1320. The molecule has 2 heterocycles. The van der Waals surface area contributed by atoms with Crippen molar-refractivity contribution in [2.45, 2.75) is 33.7 Å². The summed E-state index contributed by atoms with van der Waals surface area (Å²) in [6, 6.07) is 15.0. The number of amides is 1. The number of aromatic nitrogens is 2. The number of benzene rings is 2. The molecule has 1 unspecified atom stereocenters. The molecule has 0 saturated carbocycles. The van der Waals surface area contributed by atoms with Crippen molar-refractivity contribution in [3.8, 4) is 22.5 Å². The van der Waals surface area contributed by atoms with Crippen molar-refractivity contribution in [1.82, 2.24) is 9.55 Å². The lowest BCUT2D eigenvalue weighted by molar-refractivity contribution is -0.120. The average molecular weight is 418 g/mol. The Labute approximate surface area is 178 Å². The summed E-state index contributed by atoms with van der Waals surface area (Å²) < 4.78 is 1.43. The number of carbonyl (C=O) groups is 1. The summed E-state index contributed by atoms with van der Waals surface area (Å²) in [5.41, 5.74) is 10.2. The minimum absolute atomic E-state index is 0.248. The molecule has 4 aromatic rings. The van der Waals surface area contributed by atoms with Crippen LogP contribution in [0.15, 0.2) is 53.3 Å². The van der Waals surface area contributed by atoms with Gasteiger partial charge in [-0.1, -0.05) is 59.7 Å². The normalized spacial score (nSPS) is 12.3. The Morgan fingerprint density at radius 3 is 2.03 bits per heavy atom. The molecule has 1 amide bonds. The molecular weight excluding hydrogens is 394 g/mol. The van der Waals surface area contributed by atoms with E-state index >= 15 is 0 Å². The van der Waals surface area contributed by atoms with Crippen LogP contribution in [0.5, 0.6) is 0 Å². The lowest BCUT2D eigenvalue weighted by Gasteiger charge is -2.17. The second-order valence-corrected chi connectivity index (χ2v) is 8.84. The van der Waals surface area contributed by atoms with Crippen molar-refractivity contribution in [2.24, 2.45) is 5.73 Å². The maximum absolute atomic E-state index is 13.7. The van der Waals surface area contributed by atoms with Crippen LogP contribution < -0.4 is 11.3 Å². The SMILES string of the molecule is Cc1ccc(-c2c(C)sc3nc(-c4ccc(C)cc4)n(C(C)C(N)=O)c(=O)c23)cc1. The van der Waals surface area contributed by atoms with Crippen LogP contribution >= 0.6 is 11.3 Å². The highest BCUT2D eigenvalue weighted by atomic mass is 32.1. The van der Waals surface area contributed by atoms with Gasteiger partial charge in [-0.3, -0.25) is 14.2 Å². The summed E-state index contributed by atoms with van der Waals surface area (Å²) in [4.78, 5) is 32.3. The summed E-state index contributed by atoms with van der Waals surface area (Å²) in [5, 5.41) is 0.533. The van der Waals surface area contributed by atoms with E-state index < -0.39 is 11.9 Å². The predicted octanol–water partition coefficient (Wildman–Crippen LogP) is 4.76. The first-order chi connectivity index (χ1) is 14.3. The molecule has 2 aromatic heterocycles. The van der Waals surface area contributed by atoms with Crippen LogP contribution in [0.3, 0.4) is 0 Å². The number of nitrogens with zero attached hydrogens (tertiary/aromatic N) is 2. The van der Waals surface area contributed by atoms with E-state index in [9.17, 15) is 9.59 Å². The maximum atomic E-state index is 13.7. The first kappa shape index (κ1) is 20.0. The Hall–Kier alpha value is -3.25. The van der Waals surface area contributed by atoms with Gasteiger partial charge in [0.05, 0.1) is 5.39 Å². The number of carbonyl (C=O) groups excluding carboxylic acids is 1. The number of nitrogens with two attached hydrogens (primary N) is 1. The van der Waals surface area contributed by atoms with E-state index in [-0.39, 0.29) is 5.56 Å². The number of hydrogen-bond donors (Lipinski definition) is 1. The predicted molar refractivity (Wildman–Crippen MR) is 123 cm³/mol. The molecule has 0 aliphatic rings. The average Bonchev–Trinajstić information content (AvgIpc) is 3.05. The third-order valence-electron chi connectivity index (χ3n) is 5.38. The van der Waals surface area contributed by atoms with Gasteiger partial charge >= 0.3 is 0 Å². The van der Waals surface area contributed by atoms with Crippen LogP contribution in [0.1, 0.15) is 29.0 Å². The molecule has 0 bridgehead atoms. The lowest BCUT2D eigenvalue weighted by atomic mass is 10.0. The minimum Gasteiger partial charge on any atom is -0.368 e. The molecule has 152 valence electrons. The fourth-order valence-corrected chi connectivity index (χ4v) is 4.67. The molecule has 1 atom stereocenters. The zero-order chi connectivity index (χ0) is 21.6. The number of hydrogen-bond acceptors (Lipinski definition) is 4. The molecule has 0 fully saturated rings. The van der Waals surface area contributed by atoms with Gasteiger partial charge in [0, 0.05) is 16.0 Å². The third kappa shape index (κ3) is 3.33. The number of fused-ring (bicyclic) bond motifs is 1. The van der Waals surface area contributed by atoms with Crippen molar-refractivity contribution >= 4 is 27.5 Å². The Morgan fingerprint density at radius 2 is 1.50 bits per heavy atom. The number of rotatable bonds is 4. The van der Waals surface area contributed by atoms with E-state index in [1.54, 1.807) is 6.92 Å². The number of thiophene rings is 1. The number of aryl methyl sites for hydroxylation is 3. The summed E-state index contributed by atoms with van der Waals surface area (Å²) >= 11 is 1.49. The van der Waals surface area contributed by atoms with Crippen LogP contribution in [-0.2, 0) is 4.79 Å². The van der Waals surface area contributed by atoms with Gasteiger partial charge in [-0.2, -0.15) is 0 Å². The molecule has 5 nitrogen and oxygen atoms in total. The van der Waals surface area contributed by atoms with Gasteiger partial charge in [-0.05, 0) is 33.3 Å². The number of primary amides is 1. The van der Waals surface area contributed by atoms with Gasteiger partial charge in [-0.25, -0.2) is 4.98 Å². The van der Waals surface area contributed by atoms with Crippen molar-refractivity contribution in [2.75, 3.05) is 0 Å². The van der Waals surface area contributed by atoms with E-state index in [0.717, 1.165) is 32.7 Å². The van der Waals surface area contributed by atoms with Gasteiger partial charge < -0.3 is 5.73 Å². The van der Waals surface area contributed by atoms with Crippen LogP contribution in [-0.4, -0.2) is 15.5 Å². The fraction of sp³-hybridized carbons (Fsp3) is 0.208. The second-order valence-electron chi connectivity index (χ2n) is 7.63. The molecule has 30 heavy (non-hydrogen) atoms. The van der Waals surface area contributed by atoms with Crippen LogP contribution in [0, 0.1) is 20.8 Å². The minimum atomic E-state index is -0.822. The zero-order valence-corrected chi connectivity index (χ0v) is 18.2. The summed E-state index contributed by atoms with van der Waals surface area (Å²) in [6.07, 6.45) is 0. The van der Waals surface area contributed by atoms with E-state index in [4.69, 9.17) is 10.7 Å². The zero-order valence-electron chi connectivity index (χ0n) is 17.4. The molecule has 0 saturated heterocycles. The molecule has 2 N–H and O–H groups in total. The van der Waals surface area contributed by atoms with E-state index in [1.165, 1.54) is 15.9 Å². The van der Waals surface area contributed by atoms with Crippen LogP contribution in [0.2, 0.25) is 0 Å². The molecule has 0 aliphatic carbocycles. The molecule has 0 aliphatic heterocycles. The second kappa shape index (κ2) is 7.54. The quantitative estimate of drug-likeness (QED) is 0.520. The van der Waals surface area contributed by atoms with E-state index in [0.29, 0.717) is 16.0 Å². The van der Waals surface area contributed by atoms with E-state index in [2.05, 4.69) is 0 Å². The summed E-state index contributed by atoms with van der Waals surface area (Å²) in [7, 11) is 0. The maximum Gasteiger partial charge on any atom is 0.263 e. The highest BCUT2D eigenvalue weighted by molar-refractivity contribution is 7.19. The standard InChI is InChI=1S/C24H23N3O2S/c1-13-5-9-17(10-6-13)19-16(4)30-23-20(19)24(29)27(15(3)21(25)28)22(26-23)18-11-7-14(2)8-12-18/h5-12,15H,1-4H3,(H2,25,28). The molecule has 2 aromatic carbocycles. The summed E-state index contributed by atoms with van der Waals surface area (Å²) in [5.74, 6) is -0.119. The van der Waals surface area contributed by atoms with Crippen molar-refractivity contribution in [1.29, 1.82) is 0 Å². The van der Waals surface area contributed by atoms with Crippen molar-refractivity contribution in [3.63, 3.8) is 0 Å². The van der Waals surface area contributed by atoms with Gasteiger partial charge in [-0.15, -0.1) is 11.3 Å².